The van der Waals surface area contributed by atoms with Crippen molar-refractivity contribution < 1.29 is 19.1 Å². The van der Waals surface area contributed by atoms with Crippen LogP contribution in [0.5, 0.6) is 0 Å². The Morgan fingerprint density at radius 1 is 0.511 bits per heavy atom. The molecule has 0 unspecified atom stereocenters. The fourth-order valence-electron chi connectivity index (χ4n) is 5.60. The Morgan fingerprint density at radius 3 is 1.13 bits per heavy atom. The molecule has 0 fully saturated rings. The van der Waals surface area contributed by atoms with Gasteiger partial charge in [-0.2, -0.15) is 0 Å². The largest absolute Gasteiger partial charge is 0.464 e. The van der Waals surface area contributed by atoms with Gasteiger partial charge in [0.15, 0.2) is 0 Å². The minimum atomic E-state index is -0.233. The van der Waals surface area contributed by atoms with E-state index in [1.807, 2.05) is 11.9 Å². The smallest absolute Gasteiger partial charge is 0.305 e. The van der Waals surface area contributed by atoms with Crippen LogP contribution in [0.2, 0.25) is 0 Å². The predicted octanol–water partition coefficient (Wildman–Crippen LogP) is 12.6. The van der Waals surface area contributed by atoms with Crippen molar-refractivity contribution in [1.29, 1.82) is 0 Å². The SMILES string of the molecule is CCCCCCCC/C=C/CCCCCCCC(=O)OCC(COC(=O)CCCCCCC/C=C/CCCCCCCC)N(C)CCl. The summed E-state index contributed by atoms with van der Waals surface area (Å²) in [5, 5.41) is 0. The zero-order chi connectivity index (χ0) is 34.5. The quantitative estimate of drug-likeness (QED) is 0.0216. The number of carbonyl (C=O) groups is 2. The van der Waals surface area contributed by atoms with Gasteiger partial charge in [-0.05, 0) is 71.3 Å². The van der Waals surface area contributed by atoms with E-state index in [9.17, 15) is 9.59 Å². The minimum absolute atomic E-state index is 0.185. The molecule has 0 spiro atoms. The number of rotatable bonds is 36. The van der Waals surface area contributed by atoms with E-state index in [4.69, 9.17) is 21.1 Å². The monoisotopic (exact) mass is 682 g/mol. The van der Waals surface area contributed by atoms with Crippen molar-refractivity contribution in [3.05, 3.63) is 24.3 Å². The van der Waals surface area contributed by atoms with Crippen molar-refractivity contribution in [2.24, 2.45) is 0 Å². The lowest BCUT2D eigenvalue weighted by molar-refractivity contribution is -0.149. The highest BCUT2D eigenvalue weighted by molar-refractivity contribution is 6.17. The summed E-state index contributed by atoms with van der Waals surface area (Å²) in [6.45, 7) is 4.90. The van der Waals surface area contributed by atoms with Gasteiger partial charge >= 0.3 is 11.9 Å². The number of hydrogen-bond acceptors (Lipinski definition) is 5. The fraction of sp³-hybridized carbons (Fsp3) is 0.854. The van der Waals surface area contributed by atoms with Gasteiger partial charge in [0.25, 0.3) is 0 Å². The molecule has 0 radical (unpaired) electrons. The molecule has 0 saturated carbocycles. The van der Waals surface area contributed by atoms with Crippen molar-refractivity contribution in [1.82, 2.24) is 4.90 Å². The summed E-state index contributed by atoms with van der Waals surface area (Å²) >= 11 is 6.03. The second-order valence-electron chi connectivity index (χ2n) is 13.6. The van der Waals surface area contributed by atoms with Gasteiger partial charge in [-0.15, -0.1) is 11.6 Å². The van der Waals surface area contributed by atoms with E-state index < -0.39 is 0 Å². The van der Waals surface area contributed by atoms with Crippen LogP contribution in [0.1, 0.15) is 194 Å². The third kappa shape index (κ3) is 34.3. The zero-order valence-electron chi connectivity index (χ0n) is 31.3. The number of unbranched alkanes of at least 4 members (excludes halogenated alkanes) is 22. The number of esters is 2. The summed E-state index contributed by atoms with van der Waals surface area (Å²) in [6, 6.07) is 0.0472. The van der Waals surface area contributed by atoms with Crippen molar-refractivity contribution in [3.63, 3.8) is 0 Å². The molecule has 0 aliphatic heterocycles. The molecule has 0 bridgehead atoms. The molecule has 0 aromatic heterocycles. The lowest BCUT2D eigenvalue weighted by Crippen LogP contribution is -2.39. The van der Waals surface area contributed by atoms with Crippen LogP contribution in [0.15, 0.2) is 24.3 Å². The van der Waals surface area contributed by atoms with E-state index in [0.29, 0.717) is 12.8 Å². The molecule has 0 atom stereocenters. The highest BCUT2D eigenvalue weighted by atomic mass is 35.5. The molecule has 276 valence electrons. The van der Waals surface area contributed by atoms with Gasteiger partial charge in [-0.1, -0.05) is 141 Å². The van der Waals surface area contributed by atoms with Gasteiger partial charge in [0.2, 0.25) is 0 Å². The van der Waals surface area contributed by atoms with E-state index in [1.165, 1.54) is 116 Å². The average molecular weight is 683 g/mol. The van der Waals surface area contributed by atoms with Gasteiger partial charge in [0, 0.05) is 12.8 Å². The van der Waals surface area contributed by atoms with Crippen LogP contribution in [-0.2, 0) is 19.1 Å². The molecular formula is C41H76ClNO4. The third-order valence-electron chi connectivity index (χ3n) is 8.97. The summed E-state index contributed by atoms with van der Waals surface area (Å²) < 4.78 is 11.0. The Kier molecular flexibility index (Phi) is 36.4. The van der Waals surface area contributed by atoms with Crippen LogP contribution in [0.25, 0.3) is 0 Å². The topological polar surface area (TPSA) is 55.8 Å². The number of ether oxygens (including phenoxy) is 2. The maximum Gasteiger partial charge on any atom is 0.305 e. The molecule has 0 amide bonds. The molecule has 0 aromatic carbocycles. The van der Waals surface area contributed by atoms with Gasteiger partial charge in [0.1, 0.15) is 13.2 Å². The van der Waals surface area contributed by atoms with Gasteiger partial charge in [0.05, 0.1) is 12.0 Å². The van der Waals surface area contributed by atoms with E-state index in [0.717, 1.165) is 51.4 Å². The first kappa shape index (κ1) is 45.7. The van der Waals surface area contributed by atoms with Crippen molar-refractivity contribution in [2.45, 2.75) is 200 Å². The lowest BCUT2D eigenvalue weighted by atomic mass is 10.1. The van der Waals surface area contributed by atoms with Crippen LogP contribution in [-0.4, -0.2) is 49.1 Å². The van der Waals surface area contributed by atoms with E-state index >= 15 is 0 Å². The normalized spacial score (nSPS) is 11.9. The van der Waals surface area contributed by atoms with E-state index in [1.54, 1.807) is 0 Å². The number of allylic oxidation sites excluding steroid dienone is 4. The van der Waals surface area contributed by atoms with Gasteiger partial charge < -0.3 is 9.47 Å². The van der Waals surface area contributed by atoms with Gasteiger partial charge in [-0.3, -0.25) is 14.5 Å². The Hall–Kier alpha value is -1.33. The molecular weight excluding hydrogens is 606 g/mol. The summed E-state index contributed by atoms with van der Waals surface area (Å²) in [4.78, 5) is 26.5. The van der Waals surface area contributed by atoms with Crippen LogP contribution in [0.4, 0.5) is 0 Å². The average Bonchev–Trinajstić information content (AvgIpc) is 3.07. The van der Waals surface area contributed by atoms with Crippen molar-refractivity contribution in [3.8, 4) is 0 Å². The van der Waals surface area contributed by atoms with E-state index in [2.05, 4.69) is 38.2 Å². The third-order valence-corrected chi connectivity index (χ3v) is 9.35. The Balaban J connectivity index is 3.78. The number of halogens is 1. The lowest BCUT2D eigenvalue weighted by Gasteiger charge is -2.25. The standard InChI is InChI=1S/C41H76ClNO4/c1-4-6-8-10-12-14-16-18-20-22-24-26-28-30-32-34-40(44)46-36-39(43(3)38-42)37-47-41(45)35-33-31-29-27-25-23-21-19-17-15-13-11-9-7-5-2/h18-21,39H,4-17,22-38H2,1-3H3/b20-18+,21-19+. The first-order valence-corrected chi connectivity index (χ1v) is 20.5. The van der Waals surface area contributed by atoms with Gasteiger partial charge in [-0.25, -0.2) is 0 Å². The second-order valence-corrected chi connectivity index (χ2v) is 13.8. The molecule has 0 aliphatic rings. The Labute approximate surface area is 297 Å². The molecule has 5 nitrogen and oxygen atoms in total. The van der Waals surface area contributed by atoms with Crippen LogP contribution in [0.3, 0.4) is 0 Å². The summed E-state index contributed by atoms with van der Waals surface area (Å²) in [5.74, 6) is -0.370. The molecule has 0 aromatic rings. The summed E-state index contributed by atoms with van der Waals surface area (Å²) in [6.07, 6.45) is 42.3. The zero-order valence-corrected chi connectivity index (χ0v) is 32.0. The highest BCUT2D eigenvalue weighted by Gasteiger charge is 2.19. The fourth-order valence-corrected chi connectivity index (χ4v) is 5.80. The molecule has 47 heavy (non-hydrogen) atoms. The van der Waals surface area contributed by atoms with Crippen molar-refractivity contribution in [2.75, 3.05) is 26.3 Å². The molecule has 6 heteroatoms. The maximum absolute atomic E-state index is 12.3. The molecule has 0 saturated heterocycles. The minimum Gasteiger partial charge on any atom is -0.464 e. The Morgan fingerprint density at radius 2 is 0.809 bits per heavy atom. The number of alkyl halides is 1. The molecule has 0 N–H and O–H groups in total. The number of likely N-dealkylation sites (N-methyl/N-ethyl adjacent to an activating group) is 1. The van der Waals surface area contributed by atoms with Crippen molar-refractivity contribution >= 4 is 23.5 Å². The summed E-state index contributed by atoms with van der Waals surface area (Å²) in [7, 11) is 1.85. The molecule has 0 aliphatic carbocycles. The van der Waals surface area contributed by atoms with Crippen LogP contribution in [0, 0.1) is 0 Å². The first-order valence-electron chi connectivity index (χ1n) is 19.9. The first-order chi connectivity index (χ1) is 23.0. The number of nitrogens with zero attached hydrogens (tertiary/aromatic N) is 1. The van der Waals surface area contributed by atoms with Crippen LogP contribution >= 0.6 is 11.6 Å². The maximum atomic E-state index is 12.3. The predicted molar refractivity (Wildman–Crippen MR) is 203 cm³/mol. The number of hydrogen-bond donors (Lipinski definition) is 0. The van der Waals surface area contributed by atoms with Crippen LogP contribution < -0.4 is 0 Å². The molecule has 0 heterocycles. The second kappa shape index (κ2) is 37.5. The van der Waals surface area contributed by atoms with E-state index in [-0.39, 0.29) is 37.2 Å². The highest BCUT2D eigenvalue weighted by Crippen LogP contribution is 2.13. The Bertz CT molecular complexity index is 685. The molecule has 0 rings (SSSR count). The number of carbonyl (C=O) groups excluding carboxylic acids is 2. The summed E-state index contributed by atoms with van der Waals surface area (Å²) in [5.41, 5.74) is 0.